The molecule has 3 N–H and O–H groups in total. The second-order valence-electron chi connectivity index (χ2n) is 13.8. The number of hydrogen-bond acceptors (Lipinski definition) is 8. The summed E-state index contributed by atoms with van der Waals surface area (Å²) in [5.74, 6) is -0.855. The normalized spacial score (nSPS) is 13.8. The lowest BCUT2D eigenvalue weighted by Gasteiger charge is -2.19. The molecule has 0 radical (unpaired) electrons. The molecule has 308 valence electrons. The van der Waals surface area contributed by atoms with Crippen molar-refractivity contribution < 1.29 is 37.6 Å². The van der Waals surface area contributed by atoms with E-state index in [1.807, 2.05) is 0 Å². The monoisotopic (exact) mass is 768 g/mol. The molecule has 0 bridgehead atoms. The number of rotatable bonds is 39. The fourth-order valence-corrected chi connectivity index (χ4v) is 6.28. The Labute approximate surface area is 324 Å². The SMILES string of the molecule is CCCCCC=CCC=CCCCCCCCCCC(=O)OCC(COP(=O)(O)OCCN)OC(=O)CCCCCCCC=CCC=CCCCCC. The quantitative estimate of drug-likeness (QED) is 0.0271. The van der Waals surface area contributed by atoms with Crippen molar-refractivity contribution in [1.82, 2.24) is 0 Å². The van der Waals surface area contributed by atoms with Crippen molar-refractivity contribution in [1.29, 1.82) is 0 Å². The van der Waals surface area contributed by atoms with Gasteiger partial charge in [-0.15, -0.1) is 0 Å². The Morgan fingerprint density at radius 1 is 0.566 bits per heavy atom. The van der Waals surface area contributed by atoms with Crippen LogP contribution in [0, 0.1) is 0 Å². The highest BCUT2D eigenvalue weighted by Crippen LogP contribution is 2.43. The number of carbonyl (C=O) groups excluding carboxylic acids is 2. The lowest BCUT2D eigenvalue weighted by molar-refractivity contribution is -0.161. The molecule has 9 nitrogen and oxygen atoms in total. The smallest absolute Gasteiger partial charge is 0.462 e. The highest BCUT2D eigenvalue weighted by Gasteiger charge is 2.26. The van der Waals surface area contributed by atoms with E-state index in [0.717, 1.165) is 77.0 Å². The van der Waals surface area contributed by atoms with Crippen molar-refractivity contribution >= 4 is 19.8 Å². The van der Waals surface area contributed by atoms with Crippen LogP contribution in [0.1, 0.15) is 181 Å². The first-order chi connectivity index (χ1) is 25.8. The number of carbonyl (C=O) groups is 2. The van der Waals surface area contributed by atoms with Crippen LogP contribution in [0.5, 0.6) is 0 Å². The van der Waals surface area contributed by atoms with Gasteiger partial charge in [-0.05, 0) is 77.0 Å². The molecule has 0 aliphatic heterocycles. The summed E-state index contributed by atoms with van der Waals surface area (Å²) in [5, 5.41) is 0. The molecule has 53 heavy (non-hydrogen) atoms. The summed E-state index contributed by atoms with van der Waals surface area (Å²) in [6, 6.07) is 0. The second kappa shape index (κ2) is 39.7. The van der Waals surface area contributed by atoms with Gasteiger partial charge in [-0.3, -0.25) is 18.6 Å². The summed E-state index contributed by atoms with van der Waals surface area (Å²) >= 11 is 0. The minimum absolute atomic E-state index is 0.0483. The van der Waals surface area contributed by atoms with E-state index in [1.54, 1.807) is 0 Å². The van der Waals surface area contributed by atoms with Crippen molar-refractivity contribution in [3.8, 4) is 0 Å². The molecule has 0 aromatic carbocycles. The van der Waals surface area contributed by atoms with Crippen LogP contribution < -0.4 is 5.73 Å². The van der Waals surface area contributed by atoms with Crippen LogP contribution in [0.4, 0.5) is 0 Å². The number of phosphoric ester groups is 1. The van der Waals surface area contributed by atoms with E-state index in [9.17, 15) is 19.0 Å². The maximum atomic E-state index is 12.6. The second-order valence-corrected chi connectivity index (χ2v) is 15.3. The van der Waals surface area contributed by atoms with Crippen LogP contribution in [0.3, 0.4) is 0 Å². The third-order valence-corrected chi connectivity index (χ3v) is 9.67. The predicted octanol–water partition coefficient (Wildman–Crippen LogP) is 11.9. The summed E-state index contributed by atoms with van der Waals surface area (Å²) in [6.07, 6.45) is 44.2. The topological polar surface area (TPSA) is 134 Å². The summed E-state index contributed by atoms with van der Waals surface area (Å²) in [7, 11) is -4.38. The average Bonchev–Trinajstić information content (AvgIpc) is 3.14. The van der Waals surface area contributed by atoms with Gasteiger partial charge in [0.2, 0.25) is 0 Å². The fraction of sp³-hybridized carbons (Fsp3) is 0.767. The standard InChI is InChI=1S/C43H78NO8P/c1-3-5-7-9-11-13-15-17-19-20-22-23-25-27-29-31-33-35-42(45)49-39-41(40-51-53(47,48)50-38-37-44)52-43(46)36-34-32-30-28-26-24-21-18-16-14-12-10-8-6-4-2/h11-14,17-19,21,41H,3-10,15-16,20,22-40,44H2,1-2H3,(H,47,48). The molecule has 0 aromatic rings. The fourth-order valence-electron chi connectivity index (χ4n) is 5.52. The van der Waals surface area contributed by atoms with E-state index in [1.165, 1.54) is 70.6 Å². The average molecular weight is 768 g/mol. The first kappa shape index (κ1) is 51.0. The molecule has 10 heteroatoms. The minimum Gasteiger partial charge on any atom is -0.462 e. The van der Waals surface area contributed by atoms with E-state index in [4.69, 9.17) is 24.3 Å². The van der Waals surface area contributed by atoms with Crippen LogP contribution in [0.25, 0.3) is 0 Å². The molecule has 2 atom stereocenters. The number of unbranched alkanes of at least 4 members (excludes halogenated alkanes) is 18. The molecule has 0 aromatic heterocycles. The van der Waals surface area contributed by atoms with Crippen LogP contribution in [0.2, 0.25) is 0 Å². The Bertz CT molecular complexity index is 1010. The molecular formula is C43H78NO8P. The molecule has 0 saturated heterocycles. The van der Waals surface area contributed by atoms with Crippen molar-refractivity contribution in [2.45, 2.75) is 187 Å². The van der Waals surface area contributed by atoms with Crippen molar-refractivity contribution in [2.24, 2.45) is 5.73 Å². The Balaban J connectivity index is 4.20. The highest BCUT2D eigenvalue weighted by molar-refractivity contribution is 7.47. The molecule has 0 amide bonds. The van der Waals surface area contributed by atoms with Gasteiger partial charge in [-0.2, -0.15) is 0 Å². The third-order valence-electron chi connectivity index (χ3n) is 8.69. The Kier molecular flexibility index (Phi) is 38.1. The maximum Gasteiger partial charge on any atom is 0.472 e. The molecule has 0 spiro atoms. The first-order valence-corrected chi connectivity index (χ1v) is 22.6. The molecule has 0 aliphatic rings. The summed E-state index contributed by atoms with van der Waals surface area (Å²) in [4.78, 5) is 34.8. The predicted molar refractivity (Wildman–Crippen MR) is 220 cm³/mol. The van der Waals surface area contributed by atoms with E-state index >= 15 is 0 Å². The molecule has 0 fully saturated rings. The number of ether oxygens (including phenoxy) is 2. The molecule has 0 heterocycles. The van der Waals surface area contributed by atoms with Crippen LogP contribution in [-0.2, 0) is 32.7 Å². The Morgan fingerprint density at radius 2 is 0.981 bits per heavy atom. The number of hydrogen-bond donors (Lipinski definition) is 2. The van der Waals surface area contributed by atoms with Gasteiger partial charge in [0, 0.05) is 19.4 Å². The summed E-state index contributed by atoms with van der Waals surface area (Å²) in [5.41, 5.74) is 5.34. The summed E-state index contributed by atoms with van der Waals surface area (Å²) < 4.78 is 32.7. The van der Waals surface area contributed by atoms with E-state index in [-0.39, 0.29) is 32.6 Å². The highest BCUT2D eigenvalue weighted by atomic mass is 31.2. The van der Waals surface area contributed by atoms with Crippen LogP contribution in [0.15, 0.2) is 48.6 Å². The number of allylic oxidation sites excluding steroid dienone is 8. The number of esters is 2. The zero-order valence-electron chi connectivity index (χ0n) is 33.7. The van der Waals surface area contributed by atoms with Gasteiger partial charge in [0.05, 0.1) is 13.2 Å². The van der Waals surface area contributed by atoms with Crippen LogP contribution >= 0.6 is 7.82 Å². The third kappa shape index (κ3) is 39.5. The van der Waals surface area contributed by atoms with Gasteiger partial charge in [0.1, 0.15) is 6.61 Å². The zero-order valence-corrected chi connectivity index (χ0v) is 34.6. The Morgan fingerprint density at radius 3 is 1.43 bits per heavy atom. The molecule has 0 saturated carbocycles. The van der Waals surface area contributed by atoms with Gasteiger partial charge < -0.3 is 20.1 Å². The number of phosphoric acid groups is 1. The van der Waals surface area contributed by atoms with Crippen LogP contribution in [-0.4, -0.2) is 49.3 Å². The van der Waals surface area contributed by atoms with E-state index < -0.39 is 32.5 Å². The van der Waals surface area contributed by atoms with Gasteiger partial charge in [-0.25, -0.2) is 4.57 Å². The number of nitrogens with two attached hydrogens (primary N) is 1. The van der Waals surface area contributed by atoms with Gasteiger partial charge in [0.25, 0.3) is 0 Å². The molecule has 0 aliphatic carbocycles. The largest absolute Gasteiger partial charge is 0.472 e. The van der Waals surface area contributed by atoms with Gasteiger partial charge in [-0.1, -0.05) is 140 Å². The minimum atomic E-state index is -4.38. The zero-order chi connectivity index (χ0) is 38.9. The first-order valence-electron chi connectivity index (χ1n) is 21.1. The van der Waals surface area contributed by atoms with Crippen molar-refractivity contribution in [3.63, 3.8) is 0 Å². The van der Waals surface area contributed by atoms with Gasteiger partial charge >= 0.3 is 19.8 Å². The Hall–Kier alpha value is -2.03. The lowest BCUT2D eigenvalue weighted by Crippen LogP contribution is -2.29. The van der Waals surface area contributed by atoms with Gasteiger partial charge in [0.15, 0.2) is 6.10 Å². The molecular weight excluding hydrogens is 689 g/mol. The lowest BCUT2D eigenvalue weighted by atomic mass is 10.1. The molecule has 0 rings (SSSR count). The van der Waals surface area contributed by atoms with Crippen molar-refractivity contribution in [3.05, 3.63) is 48.6 Å². The molecule has 2 unspecified atom stereocenters. The van der Waals surface area contributed by atoms with E-state index in [0.29, 0.717) is 6.42 Å². The maximum absolute atomic E-state index is 12.6. The summed E-state index contributed by atoms with van der Waals surface area (Å²) in [6.45, 7) is 3.65. The van der Waals surface area contributed by atoms with E-state index in [2.05, 4.69) is 62.5 Å². The van der Waals surface area contributed by atoms with Crippen molar-refractivity contribution in [2.75, 3.05) is 26.4 Å².